The molecule has 2 heterocycles. The fraction of sp³-hybridized carbons (Fsp3) is 0.318. The Morgan fingerprint density at radius 1 is 1.11 bits per heavy atom. The second-order valence-corrected chi connectivity index (χ2v) is 7.11. The van der Waals surface area contributed by atoms with Gasteiger partial charge >= 0.3 is 0 Å². The molecule has 0 radical (unpaired) electrons. The Hall–Kier alpha value is -2.83. The van der Waals surface area contributed by atoms with Crippen LogP contribution in [-0.2, 0) is 4.74 Å². The summed E-state index contributed by atoms with van der Waals surface area (Å²) >= 11 is 0. The van der Waals surface area contributed by atoms with Crippen LogP contribution in [-0.4, -0.2) is 59.7 Å². The Morgan fingerprint density at radius 2 is 1.82 bits per heavy atom. The zero-order valence-electron chi connectivity index (χ0n) is 16.0. The molecule has 1 aromatic heterocycles. The van der Waals surface area contributed by atoms with E-state index in [2.05, 4.69) is 20.2 Å². The van der Waals surface area contributed by atoms with E-state index in [4.69, 9.17) is 4.74 Å². The second-order valence-electron chi connectivity index (χ2n) is 7.11. The summed E-state index contributed by atoms with van der Waals surface area (Å²) in [6, 6.07) is 15.4. The predicted molar refractivity (Wildman–Crippen MR) is 109 cm³/mol. The van der Waals surface area contributed by atoms with Crippen LogP contribution < -0.4 is 5.32 Å². The van der Waals surface area contributed by atoms with Crippen LogP contribution in [0.1, 0.15) is 17.3 Å². The van der Waals surface area contributed by atoms with Gasteiger partial charge in [0.05, 0.1) is 36.1 Å². The minimum Gasteiger partial charge on any atom is -0.379 e. The maximum Gasteiger partial charge on any atom is 0.251 e. The van der Waals surface area contributed by atoms with Crippen molar-refractivity contribution in [2.45, 2.75) is 13.0 Å². The van der Waals surface area contributed by atoms with Gasteiger partial charge in [0.1, 0.15) is 0 Å². The first-order valence-electron chi connectivity index (χ1n) is 9.62. The van der Waals surface area contributed by atoms with Crippen LogP contribution in [0.3, 0.4) is 0 Å². The molecule has 3 aromatic rings. The lowest BCUT2D eigenvalue weighted by molar-refractivity contribution is 0.0342. The first-order chi connectivity index (χ1) is 13.7. The highest BCUT2D eigenvalue weighted by Crippen LogP contribution is 2.19. The minimum atomic E-state index is -0.0584. The number of morpholine rings is 1. The number of carbonyl (C=O) groups excluding carboxylic acids is 1. The zero-order valence-corrected chi connectivity index (χ0v) is 16.0. The number of para-hydroxylation sites is 2. The van der Waals surface area contributed by atoms with Crippen molar-refractivity contribution in [3.05, 3.63) is 60.3 Å². The quantitative estimate of drug-likeness (QED) is 0.742. The lowest BCUT2D eigenvalue weighted by atomic mass is 10.1. The molecular formula is C22H24N4O2. The van der Waals surface area contributed by atoms with E-state index in [9.17, 15) is 4.79 Å². The smallest absolute Gasteiger partial charge is 0.251 e. The van der Waals surface area contributed by atoms with Crippen LogP contribution in [0.4, 0.5) is 0 Å². The van der Waals surface area contributed by atoms with Gasteiger partial charge in [-0.05, 0) is 31.2 Å². The molecule has 1 fully saturated rings. The highest BCUT2D eigenvalue weighted by molar-refractivity contribution is 5.94. The van der Waals surface area contributed by atoms with E-state index in [0.29, 0.717) is 5.56 Å². The fourth-order valence-corrected chi connectivity index (χ4v) is 3.41. The van der Waals surface area contributed by atoms with Gasteiger partial charge in [-0.3, -0.25) is 14.7 Å². The van der Waals surface area contributed by atoms with E-state index in [-0.39, 0.29) is 11.9 Å². The van der Waals surface area contributed by atoms with Gasteiger partial charge in [0.25, 0.3) is 5.91 Å². The summed E-state index contributed by atoms with van der Waals surface area (Å²) in [6.45, 7) is 6.23. The maximum atomic E-state index is 12.5. The molecule has 0 bridgehead atoms. The third kappa shape index (κ3) is 4.35. The number of nitrogens with zero attached hydrogens (tertiary/aromatic N) is 3. The monoisotopic (exact) mass is 376 g/mol. The molecule has 6 heteroatoms. The van der Waals surface area contributed by atoms with Crippen LogP contribution in [0.15, 0.2) is 54.7 Å². The number of hydrogen-bond donors (Lipinski definition) is 1. The molecule has 0 aliphatic carbocycles. The number of ether oxygens (including phenoxy) is 1. The molecule has 1 N–H and O–H groups in total. The summed E-state index contributed by atoms with van der Waals surface area (Å²) in [5, 5.41) is 3.08. The Labute approximate surface area is 164 Å². The van der Waals surface area contributed by atoms with E-state index < -0.39 is 0 Å². The van der Waals surface area contributed by atoms with E-state index in [1.165, 1.54) is 0 Å². The topological polar surface area (TPSA) is 67.3 Å². The lowest BCUT2D eigenvalue weighted by Gasteiger charge is -2.29. The molecule has 2 aromatic carbocycles. The van der Waals surface area contributed by atoms with Gasteiger partial charge in [0.15, 0.2) is 0 Å². The Kier molecular flexibility index (Phi) is 5.60. The van der Waals surface area contributed by atoms with Gasteiger partial charge in [0, 0.05) is 36.8 Å². The molecule has 0 saturated carbocycles. The molecule has 6 nitrogen and oxygen atoms in total. The molecule has 0 spiro atoms. The number of benzene rings is 2. The number of nitrogens with one attached hydrogen (secondary N) is 1. The van der Waals surface area contributed by atoms with Crippen LogP contribution in [0.25, 0.3) is 22.3 Å². The summed E-state index contributed by atoms with van der Waals surface area (Å²) in [5.74, 6) is -0.0584. The molecule has 1 atom stereocenters. The zero-order chi connectivity index (χ0) is 19.3. The van der Waals surface area contributed by atoms with Crippen molar-refractivity contribution in [3.63, 3.8) is 0 Å². The number of rotatable bonds is 5. The fourth-order valence-electron chi connectivity index (χ4n) is 3.41. The van der Waals surface area contributed by atoms with Crippen molar-refractivity contribution < 1.29 is 9.53 Å². The van der Waals surface area contributed by atoms with Crippen molar-refractivity contribution in [2.75, 3.05) is 32.8 Å². The van der Waals surface area contributed by atoms with Crippen LogP contribution in [0, 0.1) is 0 Å². The van der Waals surface area contributed by atoms with Crippen molar-refractivity contribution in [1.82, 2.24) is 20.2 Å². The minimum absolute atomic E-state index is 0.0584. The van der Waals surface area contributed by atoms with Crippen molar-refractivity contribution in [3.8, 4) is 11.3 Å². The van der Waals surface area contributed by atoms with E-state index >= 15 is 0 Å². The number of amides is 1. The summed E-state index contributed by atoms with van der Waals surface area (Å²) in [7, 11) is 0. The number of fused-ring (bicyclic) bond motifs is 1. The summed E-state index contributed by atoms with van der Waals surface area (Å²) in [6.07, 6.45) is 1.77. The van der Waals surface area contributed by atoms with Crippen molar-refractivity contribution >= 4 is 16.9 Å². The molecular weight excluding hydrogens is 352 g/mol. The van der Waals surface area contributed by atoms with Gasteiger partial charge in [-0.15, -0.1) is 0 Å². The van der Waals surface area contributed by atoms with E-state index in [1.807, 2.05) is 55.5 Å². The third-order valence-electron chi connectivity index (χ3n) is 4.90. The molecule has 1 aliphatic heterocycles. The number of hydrogen-bond acceptors (Lipinski definition) is 5. The van der Waals surface area contributed by atoms with Crippen molar-refractivity contribution in [2.24, 2.45) is 0 Å². The second kappa shape index (κ2) is 8.46. The molecule has 1 saturated heterocycles. The normalized spacial score (nSPS) is 16.0. The summed E-state index contributed by atoms with van der Waals surface area (Å²) in [4.78, 5) is 24.0. The third-order valence-corrected chi connectivity index (χ3v) is 4.90. The number of aromatic nitrogens is 2. The Bertz CT molecular complexity index is 952. The van der Waals surface area contributed by atoms with Gasteiger partial charge in [-0.1, -0.05) is 24.3 Å². The van der Waals surface area contributed by atoms with Gasteiger partial charge in [-0.25, -0.2) is 4.98 Å². The molecule has 1 unspecified atom stereocenters. The van der Waals surface area contributed by atoms with Gasteiger partial charge < -0.3 is 10.1 Å². The van der Waals surface area contributed by atoms with Crippen LogP contribution in [0.2, 0.25) is 0 Å². The lowest BCUT2D eigenvalue weighted by Crippen LogP contribution is -2.46. The highest BCUT2D eigenvalue weighted by Gasteiger charge is 2.16. The van der Waals surface area contributed by atoms with Gasteiger partial charge in [0.2, 0.25) is 0 Å². The first kappa shape index (κ1) is 18.5. The average Bonchev–Trinajstić information content (AvgIpc) is 2.74. The SMILES string of the molecule is CC(CN1CCOCC1)NC(=O)c1ccc(-c2cnc3ccccc3n2)cc1. The van der Waals surface area contributed by atoms with Crippen LogP contribution >= 0.6 is 0 Å². The Balaban J connectivity index is 1.41. The summed E-state index contributed by atoms with van der Waals surface area (Å²) < 4.78 is 5.36. The van der Waals surface area contributed by atoms with Gasteiger partial charge in [-0.2, -0.15) is 0 Å². The van der Waals surface area contributed by atoms with E-state index in [0.717, 1.165) is 55.1 Å². The van der Waals surface area contributed by atoms with E-state index in [1.54, 1.807) is 6.20 Å². The molecule has 1 amide bonds. The standard InChI is InChI=1S/C22H24N4O2/c1-16(15-26-10-12-28-13-11-26)24-22(27)18-8-6-17(7-9-18)21-14-23-19-4-2-3-5-20(19)25-21/h2-9,14,16H,10-13,15H2,1H3,(H,24,27). The molecule has 28 heavy (non-hydrogen) atoms. The summed E-state index contributed by atoms with van der Waals surface area (Å²) in [5.41, 5.74) is 4.11. The molecule has 144 valence electrons. The molecule has 4 rings (SSSR count). The average molecular weight is 376 g/mol. The van der Waals surface area contributed by atoms with Crippen molar-refractivity contribution in [1.29, 1.82) is 0 Å². The Morgan fingerprint density at radius 3 is 2.57 bits per heavy atom. The highest BCUT2D eigenvalue weighted by atomic mass is 16.5. The largest absolute Gasteiger partial charge is 0.379 e. The maximum absolute atomic E-state index is 12.5. The predicted octanol–water partition coefficient (Wildman–Crippen LogP) is 2.75. The number of carbonyl (C=O) groups is 1. The first-order valence-corrected chi connectivity index (χ1v) is 9.62. The molecule has 1 aliphatic rings. The van der Waals surface area contributed by atoms with Crippen LogP contribution in [0.5, 0.6) is 0 Å².